The van der Waals surface area contributed by atoms with E-state index >= 15 is 0 Å². The smallest absolute Gasteiger partial charge is 0.158 e. The van der Waals surface area contributed by atoms with Crippen LogP contribution in [0.4, 0.5) is 4.39 Å². The zero-order valence-electron chi connectivity index (χ0n) is 10.7. The van der Waals surface area contributed by atoms with Gasteiger partial charge in [0.2, 0.25) is 0 Å². The third-order valence-electron chi connectivity index (χ3n) is 2.87. The molecule has 3 rings (SSSR count). The number of halogens is 1. The van der Waals surface area contributed by atoms with Gasteiger partial charge in [0.05, 0.1) is 18.1 Å². The van der Waals surface area contributed by atoms with Crippen LogP contribution in [-0.2, 0) is 6.61 Å². The molecule has 0 aliphatic rings. The lowest BCUT2D eigenvalue weighted by Gasteiger charge is -2.03. The van der Waals surface area contributed by atoms with Gasteiger partial charge in [-0.25, -0.2) is 9.07 Å². The van der Waals surface area contributed by atoms with Gasteiger partial charge in [-0.2, -0.15) is 5.10 Å². The summed E-state index contributed by atoms with van der Waals surface area (Å²) in [5.41, 5.74) is 1.76. The largest absolute Gasteiger partial charge is 0.486 e. The van der Waals surface area contributed by atoms with Gasteiger partial charge >= 0.3 is 0 Å². The molecule has 0 aliphatic heterocycles. The van der Waals surface area contributed by atoms with Gasteiger partial charge in [-0.1, -0.05) is 30.3 Å². The fourth-order valence-electron chi connectivity index (χ4n) is 1.90. The fourth-order valence-corrected chi connectivity index (χ4v) is 1.90. The number of rotatable bonds is 4. The van der Waals surface area contributed by atoms with E-state index in [0.717, 1.165) is 11.3 Å². The summed E-state index contributed by atoms with van der Waals surface area (Å²) < 4.78 is 20.4. The Bertz CT molecular complexity index is 694. The summed E-state index contributed by atoms with van der Waals surface area (Å²) in [6.07, 6.45) is 3.45. The Morgan fingerprint density at radius 3 is 2.70 bits per heavy atom. The summed E-state index contributed by atoms with van der Waals surface area (Å²) in [5, 5.41) is 4.23. The minimum atomic E-state index is -0.258. The van der Waals surface area contributed by atoms with Gasteiger partial charge in [-0.15, -0.1) is 0 Å². The molecule has 0 bridgehead atoms. The quantitative estimate of drug-likeness (QED) is 0.723. The molecule has 1 heterocycles. The second-order valence-corrected chi connectivity index (χ2v) is 4.37. The molecule has 0 N–H and O–H groups in total. The highest BCUT2D eigenvalue weighted by Gasteiger charge is 2.02. The molecule has 0 amide bonds. The number of nitrogens with zero attached hydrogens (tertiary/aromatic N) is 2. The van der Waals surface area contributed by atoms with Crippen molar-refractivity contribution >= 4 is 0 Å². The molecular formula is C16H13FN2O. The number of para-hydroxylation sites is 1. The van der Waals surface area contributed by atoms with Crippen LogP contribution in [0.5, 0.6) is 5.75 Å². The summed E-state index contributed by atoms with van der Waals surface area (Å²) in [6, 6.07) is 16.1. The third kappa shape index (κ3) is 2.85. The van der Waals surface area contributed by atoms with Gasteiger partial charge in [-0.3, -0.25) is 0 Å². The molecule has 0 fully saturated rings. The van der Waals surface area contributed by atoms with Crippen LogP contribution < -0.4 is 4.74 Å². The van der Waals surface area contributed by atoms with Gasteiger partial charge in [0.25, 0.3) is 0 Å². The van der Waals surface area contributed by atoms with Crippen molar-refractivity contribution < 1.29 is 9.13 Å². The van der Waals surface area contributed by atoms with E-state index in [0.29, 0.717) is 12.4 Å². The van der Waals surface area contributed by atoms with Gasteiger partial charge < -0.3 is 4.74 Å². The van der Waals surface area contributed by atoms with Crippen LogP contribution >= 0.6 is 0 Å². The molecule has 3 aromatic rings. The number of aromatic nitrogens is 2. The van der Waals surface area contributed by atoms with Crippen LogP contribution in [0.25, 0.3) is 5.69 Å². The van der Waals surface area contributed by atoms with Gasteiger partial charge in [0, 0.05) is 0 Å². The van der Waals surface area contributed by atoms with Crippen LogP contribution in [0.2, 0.25) is 0 Å². The molecule has 0 spiro atoms. The van der Waals surface area contributed by atoms with Crippen molar-refractivity contribution in [1.29, 1.82) is 0 Å². The summed E-state index contributed by atoms with van der Waals surface area (Å²) in [4.78, 5) is 0. The molecule has 0 aliphatic carbocycles. The van der Waals surface area contributed by atoms with E-state index in [9.17, 15) is 4.39 Å². The van der Waals surface area contributed by atoms with E-state index in [2.05, 4.69) is 5.10 Å². The Labute approximate surface area is 116 Å². The molecule has 0 radical (unpaired) electrons. The summed E-state index contributed by atoms with van der Waals surface area (Å²) in [6.45, 7) is 0.318. The maximum Gasteiger partial charge on any atom is 0.158 e. The van der Waals surface area contributed by atoms with E-state index in [1.165, 1.54) is 12.1 Å². The molecular weight excluding hydrogens is 255 g/mol. The number of ether oxygens (including phenoxy) is 1. The Morgan fingerprint density at radius 1 is 1.05 bits per heavy atom. The molecule has 0 saturated heterocycles. The SMILES string of the molecule is Fc1cccc(COc2cnn(-c3ccccc3)c2)c1. The molecule has 0 atom stereocenters. The third-order valence-corrected chi connectivity index (χ3v) is 2.87. The Hall–Kier alpha value is -2.62. The van der Waals surface area contributed by atoms with Crippen molar-refractivity contribution in [2.24, 2.45) is 0 Å². The molecule has 100 valence electrons. The van der Waals surface area contributed by atoms with E-state index < -0.39 is 0 Å². The van der Waals surface area contributed by atoms with Gasteiger partial charge in [0.1, 0.15) is 12.4 Å². The maximum atomic E-state index is 13.0. The van der Waals surface area contributed by atoms with Crippen LogP contribution in [0.1, 0.15) is 5.56 Å². The maximum absolute atomic E-state index is 13.0. The summed E-state index contributed by atoms with van der Waals surface area (Å²) >= 11 is 0. The second kappa shape index (κ2) is 5.57. The van der Waals surface area contributed by atoms with E-state index in [-0.39, 0.29) is 5.82 Å². The highest BCUT2D eigenvalue weighted by atomic mass is 19.1. The zero-order chi connectivity index (χ0) is 13.8. The van der Waals surface area contributed by atoms with Crippen molar-refractivity contribution in [3.63, 3.8) is 0 Å². The van der Waals surface area contributed by atoms with Crippen molar-refractivity contribution in [3.8, 4) is 11.4 Å². The first-order chi connectivity index (χ1) is 9.81. The van der Waals surface area contributed by atoms with Crippen LogP contribution in [-0.4, -0.2) is 9.78 Å². The predicted molar refractivity (Wildman–Crippen MR) is 74.3 cm³/mol. The second-order valence-electron chi connectivity index (χ2n) is 4.37. The van der Waals surface area contributed by atoms with Gasteiger partial charge in [0.15, 0.2) is 5.75 Å². The van der Waals surface area contributed by atoms with Crippen molar-refractivity contribution in [3.05, 3.63) is 78.4 Å². The first kappa shape index (κ1) is 12.4. The van der Waals surface area contributed by atoms with Crippen LogP contribution in [0, 0.1) is 5.82 Å². The van der Waals surface area contributed by atoms with E-state index in [4.69, 9.17) is 4.74 Å². The summed E-state index contributed by atoms with van der Waals surface area (Å²) in [5.74, 6) is 0.393. The Kier molecular flexibility index (Phi) is 3.46. The minimum absolute atomic E-state index is 0.258. The lowest BCUT2D eigenvalue weighted by Crippen LogP contribution is -1.95. The van der Waals surface area contributed by atoms with Crippen LogP contribution in [0.3, 0.4) is 0 Å². The molecule has 4 heteroatoms. The van der Waals surface area contributed by atoms with Gasteiger partial charge in [-0.05, 0) is 29.8 Å². The number of hydrogen-bond donors (Lipinski definition) is 0. The van der Waals surface area contributed by atoms with E-state index in [1.807, 2.05) is 36.4 Å². The van der Waals surface area contributed by atoms with Crippen molar-refractivity contribution in [2.45, 2.75) is 6.61 Å². The highest BCUT2D eigenvalue weighted by molar-refractivity contribution is 5.32. The molecule has 20 heavy (non-hydrogen) atoms. The average molecular weight is 268 g/mol. The average Bonchev–Trinajstić information content (AvgIpc) is 2.95. The molecule has 2 aromatic carbocycles. The summed E-state index contributed by atoms with van der Waals surface area (Å²) in [7, 11) is 0. The fraction of sp³-hybridized carbons (Fsp3) is 0.0625. The first-order valence-electron chi connectivity index (χ1n) is 6.28. The molecule has 0 unspecified atom stereocenters. The van der Waals surface area contributed by atoms with E-state index in [1.54, 1.807) is 23.1 Å². The lowest BCUT2D eigenvalue weighted by molar-refractivity contribution is 0.305. The van der Waals surface area contributed by atoms with Crippen molar-refractivity contribution in [1.82, 2.24) is 9.78 Å². The topological polar surface area (TPSA) is 27.1 Å². The Morgan fingerprint density at radius 2 is 1.90 bits per heavy atom. The van der Waals surface area contributed by atoms with Crippen molar-refractivity contribution in [2.75, 3.05) is 0 Å². The normalized spacial score (nSPS) is 10.4. The minimum Gasteiger partial charge on any atom is -0.486 e. The molecule has 0 saturated carbocycles. The monoisotopic (exact) mass is 268 g/mol. The van der Waals surface area contributed by atoms with Crippen LogP contribution in [0.15, 0.2) is 67.0 Å². The Balaban J connectivity index is 1.69. The first-order valence-corrected chi connectivity index (χ1v) is 6.28. The lowest BCUT2D eigenvalue weighted by atomic mass is 10.2. The zero-order valence-corrected chi connectivity index (χ0v) is 10.7. The molecule has 1 aromatic heterocycles. The predicted octanol–water partition coefficient (Wildman–Crippen LogP) is 3.59. The standard InChI is InChI=1S/C16H13FN2O/c17-14-6-4-5-13(9-14)12-20-16-10-18-19(11-16)15-7-2-1-3-8-15/h1-11H,12H2. The number of hydrogen-bond acceptors (Lipinski definition) is 2. The molecule has 3 nitrogen and oxygen atoms in total. The number of benzene rings is 2. The highest BCUT2D eigenvalue weighted by Crippen LogP contribution is 2.15.